The lowest BCUT2D eigenvalue weighted by molar-refractivity contribution is -0.140. The second kappa shape index (κ2) is 14.9. The van der Waals surface area contributed by atoms with Gasteiger partial charge in [0.15, 0.2) is 11.6 Å². The first kappa shape index (κ1) is 31.8. The number of carbonyl (C=O) groups excluding carboxylic acids is 3. The zero-order valence-electron chi connectivity index (χ0n) is 26.5. The average molecular weight is 603 g/mol. The Morgan fingerprint density at radius 3 is 2.36 bits per heavy atom. The summed E-state index contributed by atoms with van der Waals surface area (Å²) in [5.74, 6) is 0.370. The number of carbonyl (C=O) groups is 3. The van der Waals surface area contributed by atoms with Gasteiger partial charge >= 0.3 is 6.01 Å². The molecule has 9 nitrogen and oxygen atoms in total. The van der Waals surface area contributed by atoms with Gasteiger partial charge in [-0.15, -0.1) is 0 Å². The normalized spacial score (nSPS) is 20.9. The number of ether oxygens (including phenoxy) is 2. The maximum Gasteiger partial charge on any atom is 0.321 e. The van der Waals surface area contributed by atoms with Gasteiger partial charge in [0.25, 0.3) is 0 Å². The van der Waals surface area contributed by atoms with E-state index in [-0.39, 0.29) is 36.1 Å². The van der Waals surface area contributed by atoms with Crippen LogP contribution in [-0.4, -0.2) is 62.2 Å². The minimum Gasteiger partial charge on any atom is -0.424 e. The lowest BCUT2D eigenvalue weighted by Crippen LogP contribution is -2.46. The summed E-state index contributed by atoms with van der Waals surface area (Å²) in [6, 6.07) is 3.51. The molecule has 0 unspecified atom stereocenters. The molecule has 1 aromatic carbocycles. The van der Waals surface area contributed by atoms with Gasteiger partial charge < -0.3 is 18.9 Å². The van der Waals surface area contributed by atoms with Crippen LogP contribution < -0.4 is 4.74 Å². The smallest absolute Gasteiger partial charge is 0.321 e. The fourth-order valence-electron chi connectivity index (χ4n) is 6.63. The Kier molecular flexibility index (Phi) is 10.8. The van der Waals surface area contributed by atoms with E-state index in [1.807, 2.05) is 30.5 Å². The van der Waals surface area contributed by atoms with Gasteiger partial charge in [-0.2, -0.15) is 0 Å². The molecule has 1 amide bonds. The quantitative estimate of drug-likeness (QED) is 0.297. The standard InChI is InChI=1S/C35H46N4O5/c1-4-30(41)34-31-15-16-39(34)32(42)23-38-22-29(25(3)40)28-19-27(44-35-36-20-24(2)21-37-35)18-26(33(28)38)14-12-10-8-6-5-7-9-11-13-17-43-31/h18-22,31,34H,4-17,23H2,1-3H3/t31-,34-/m1/s1. The Labute approximate surface area is 260 Å². The number of rotatable bonds is 5. The third kappa shape index (κ3) is 7.54. The van der Waals surface area contributed by atoms with Crippen molar-refractivity contribution in [3.8, 4) is 11.8 Å². The van der Waals surface area contributed by atoms with Crippen LogP contribution >= 0.6 is 0 Å². The average Bonchev–Trinajstić information content (AvgIpc) is 3.60. The summed E-state index contributed by atoms with van der Waals surface area (Å²) in [6.45, 7) is 6.45. The third-order valence-corrected chi connectivity index (χ3v) is 8.94. The fraction of sp³-hybridized carbons (Fsp3) is 0.571. The van der Waals surface area contributed by atoms with E-state index in [4.69, 9.17) is 9.47 Å². The van der Waals surface area contributed by atoms with Crippen LogP contribution in [0.1, 0.15) is 106 Å². The van der Waals surface area contributed by atoms with Crippen LogP contribution in [0.4, 0.5) is 0 Å². The second-order valence-corrected chi connectivity index (χ2v) is 12.3. The van der Waals surface area contributed by atoms with Crippen LogP contribution in [0.5, 0.6) is 11.8 Å². The fourth-order valence-corrected chi connectivity index (χ4v) is 6.63. The van der Waals surface area contributed by atoms with E-state index in [2.05, 4.69) is 9.97 Å². The minimum absolute atomic E-state index is 0.0329. The molecular weight excluding hydrogens is 556 g/mol. The van der Waals surface area contributed by atoms with Crippen LogP contribution in [0.3, 0.4) is 0 Å². The topological polar surface area (TPSA) is 104 Å². The Morgan fingerprint density at radius 1 is 1.00 bits per heavy atom. The van der Waals surface area contributed by atoms with Crippen LogP contribution in [0.25, 0.3) is 10.9 Å². The van der Waals surface area contributed by atoms with E-state index in [1.54, 1.807) is 30.4 Å². The number of ketones is 2. The van der Waals surface area contributed by atoms with Crippen molar-refractivity contribution in [1.82, 2.24) is 19.4 Å². The molecule has 236 valence electrons. The molecule has 44 heavy (non-hydrogen) atoms. The monoisotopic (exact) mass is 602 g/mol. The highest BCUT2D eigenvalue weighted by Gasteiger charge is 2.41. The van der Waals surface area contributed by atoms with E-state index >= 15 is 0 Å². The van der Waals surface area contributed by atoms with Crippen LogP contribution in [0.2, 0.25) is 0 Å². The van der Waals surface area contributed by atoms with Crippen LogP contribution in [0.15, 0.2) is 30.7 Å². The zero-order chi connectivity index (χ0) is 31.1. The predicted molar refractivity (Wildman–Crippen MR) is 169 cm³/mol. The van der Waals surface area contributed by atoms with Gasteiger partial charge in [0.05, 0.1) is 11.6 Å². The van der Waals surface area contributed by atoms with Gasteiger partial charge in [0.1, 0.15) is 18.3 Å². The minimum atomic E-state index is -0.568. The first-order valence-electron chi connectivity index (χ1n) is 16.4. The van der Waals surface area contributed by atoms with Crippen LogP contribution in [-0.2, 0) is 27.3 Å². The number of Topliss-reactive ketones (excluding diaryl/α,β-unsaturated/α-hetero) is 2. The van der Waals surface area contributed by atoms with Gasteiger partial charge in [-0.25, -0.2) is 9.97 Å². The summed E-state index contributed by atoms with van der Waals surface area (Å²) in [5.41, 5.74) is 3.35. The molecular formula is C35H46N4O5. The summed E-state index contributed by atoms with van der Waals surface area (Å²) in [6.07, 6.45) is 17.0. The molecule has 0 spiro atoms. The van der Waals surface area contributed by atoms with Crippen LogP contribution in [0, 0.1) is 6.92 Å². The molecule has 2 aliphatic rings. The van der Waals surface area contributed by atoms with Crippen molar-refractivity contribution in [3.63, 3.8) is 0 Å². The maximum absolute atomic E-state index is 13.9. The van der Waals surface area contributed by atoms with E-state index in [0.29, 0.717) is 37.3 Å². The molecule has 2 aromatic heterocycles. The molecule has 2 aliphatic heterocycles. The van der Waals surface area contributed by atoms with Crippen molar-refractivity contribution in [2.24, 2.45) is 0 Å². The summed E-state index contributed by atoms with van der Waals surface area (Å²) in [4.78, 5) is 50.2. The first-order valence-corrected chi connectivity index (χ1v) is 16.4. The number of fused-ring (bicyclic) bond motifs is 2. The summed E-state index contributed by atoms with van der Waals surface area (Å²) in [5, 5.41) is 0.746. The lowest BCUT2D eigenvalue weighted by atomic mass is 10.0. The Balaban J connectivity index is 1.52. The molecule has 3 aromatic rings. The van der Waals surface area contributed by atoms with E-state index in [1.165, 1.54) is 32.1 Å². The highest BCUT2D eigenvalue weighted by molar-refractivity contribution is 6.08. The molecule has 5 rings (SSSR count). The van der Waals surface area contributed by atoms with Gasteiger partial charge in [-0.3, -0.25) is 14.4 Å². The predicted octanol–water partition coefficient (Wildman–Crippen LogP) is 6.77. The molecule has 2 bridgehead atoms. The van der Waals surface area contributed by atoms with E-state index < -0.39 is 6.04 Å². The highest BCUT2D eigenvalue weighted by atomic mass is 16.5. The lowest BCUT2D eigenvalue weighted by Gasteiger charge is -2.27. The number of hydrogen-bond donors (Lipinski definition) is 0. The van der Waals surface area contributed by atoms with E-state index in [9.17, 15) is 14.4 Å². The third-order valence-electron chi connectivity index (χ3n) is 8.94. The maximum atomic E-state index is 13.9. The van der Waals surface area contributed by atoms with Gasteiger partial charge in [0.2, 0.25) is 5.91 Å². The number of hydrogen-bond acceptors (Lipinski definition) is 7. The summed E-state index contributed by atoms with van der Waals surface area (Å²) >= 11 is 0. The van der Waals surface area contributed by atoms with Gasteiger partial charge in [0, 0.05) is 49.1 Å². The Morgan fingerprint density at radius 2 is 1.68 bits per heavy atom. The number of amides is 1. The molecule has 0 radical (unpaired) electrons. The molecule has 1 fully saturated rings. The molecule has 0 saturated carbocycles. The number of aromatic nitrogens is 3. The zero-order valence-corrected chi connectivity index (χ0v) is 26.5. The molecule has 2 atom stereocenters. The highest BCUT2D eigenvalue weighted by Crippen LogP contribution is 2.34. The summed E-state index contributed by atoms with van der Waals surface area (Å²) < 4.78 is 14.2. The van der Waals surface area contributed by atoms with E-state index in [0.717, 1.165) is 54.1 Å². The van der Waals surface area contributed by atoms with Crippen molar-refractivity contribution >= 4 is 28.4 Å². The van der Waals surface area contributed by atoms with Crippen molar-refractivity contribution < 1.29 is 23.9 Å². The molecule has 4 heterocycles. The largest absolute Gasteiger partial charge is 0.424 e. The molecule has 0 N–H and O–H groups in total. The van der Waals surface area contributed by atoms with Crippen molar-refractivity contribution in [2.75, 3.05) is 13.2 Å². The Hall–Kier alpha value is -3.59. The number of benzene rings is 1. The Bertz CT molecular complexity index is 1460. The second-order valence-electron chi connectivity index (χ2n) is 12.3. The van der Waals surface area contributed by atoms with Gasteiger partial charge in [-0.05, 0) is 62.8 Å². The summed E-state index contributed by atoms with van der Waals surface area (Å²) in [7, 11) is 0. The first-order chi connectivity index (χ1) is 21.4. The van der Waals surface area contributed by atoms with Crippen molar-refractivity contribution in [2.45, 2.75) is 117 Å². The molecule has 0 aliphatic carbocycles. The SMILES string of the molecule is CCC(=O)[C@@H]1[C@H]2CCN1C(=O)Cn1cc(C(C)=O)c3cc(Oc4ncc(C)cn4)cc(c31)CCCCCCCCCCCO2. The number of nitrogens with zero attached hydrogens (tertiary/aromatic N) is 4. The van der Waals surface area contributed by atoms with Crippen molar-refractivity contribution in [1.29, 1.82) is 0 Å². The molecule has 1 saturated heterocycles. The molecule has 9 heteroatoms. The van der Waals surface area contributed by atoms with Gasteiger partial charge in [-0.1, -0.05) is 51.9 Å². The number of aryl methyl sites for hydroxylation is 2. The van der Waals surface area contributed by atoms with Crippen molar-refractivity contribution in [3.05, 3.63) is 47.4 Å².